The van der Waals surface area contributed by atoms with Crippen LogP contribution in [-0.2, 0) is 6.54 Å². The van der Waals surface area contributed by atoms with E-state index in [1.54, 1.807) is 6.07 Å². The third kappa shape index (κ3) is 4.75. The third-order valence-electron chi connectivity index (χ3n) is 3.60. The van der Waals surface area contributed by atoms with Crippen molar-refractivity contribution in [2.75, 3.05) is 18.5 Å². The number of hydrogen-bond acceptors (Lipinski definition) is 3. The van der Waals surface area contributed by atoms with Gasteiger partial charge in [-0.2, -0.15) is 0 Å². The van der Waals surface area contributed by atoms with Crippen molar-refractivity contribution < 1.29 is 4.39 Å². The predicted octanol–water partition coefficient (Wildman–Crippen LogP) is 3.59. The van der Waals surface area contributed by atoms with E-state index in [1.165, 1.54) is 6.20 Å². The first kappa shape index (κ1) is 16.9. The summed E-state index contributed by atoms with van der Waals surface area (Å²) in [6.45, 7) is 10.2. The van der Waals surface area contributed by atoms with Crippen molar-refractivity contribution in [1.29, 1.82) is 0 Å². The van der Waals surface area contributed by atoms with Crippen molar-refractivity contribution in [3.8, 4) is 0 Å². The van der Waals surface area contributed by atoms with Crippen molar-refractivity contribution >= 4 is 5.82 Å². The maximum absolute atomic E-state index is 13.5. The number of anilines is 1. The number of aromatic nitrogens is 1. The quantitative estimate of drug-likeness (QED) is 0.789. The summed E-state index contributed by atoms with van der Waals surface area (Å²) >= 11 is 0. The Morgan fingerprint density at radius 2 is 1.95 bits per heavy atom. The standard InChI is InChI=1S/C16H28FN3/c1-6-15(7-2)20(5)16-13(8-14(17)11-19-16)10-18-9-12(3)4/h8,11-12,15,18H,6-7,9-10H2,1-5H3. The van der Waals surface area contributed by atoms with Gasteiger partial charge in [0.15, 0.2) is 0 Å². The minimum atomic E-state index is -0.270. The van der Waals surface area contributed by atoms with Crippen LogP contribution in [0.25, 0.3) is 0 Å². The lowest BCUT2D eigenvalue weighted by Crippen LogP contribution is -2.32. The fraction of sp³-hybridized carbons (Fsp3) is 0.688. The van der Waals surface area contributed by atoms with Gasteiger partial charge in [0, 0.05) is 25.2 Å². The van der Waals surface area contributed by atoms with Crippen molar-refractivity contribution in [1.82, 2.24) is 10.3 Å². The van der Waals surface area contributed by atoms with Crippen LogP contribution in [0.5, 0.6) is 0 Å². The van der Waals surface area contributed by atoms with E-state index >= 15 is 0 Å². The van der Waals surface area contributed by atoms with Crippen molar-refractivity contribution in [2.45, 2.75) is 53.1 Å². The third-order valence-corrected chi connectivity index (χ3v) is 3.60. The second kappa shape index (κ2) is 8.20. The van der Waals surface area contributed by atoms with Gasteiger partial charge in [-0.05, 0) is 31.4 Å². The van der Waals surface area contributed by atoms with E-state index < -0.39 is 0 Å². The highest BCUT2D eigenvalue weighted by Gasteiger charge is 2.16. The molecule has 1 rings (SSSR count). The summed E-state index contributed by atoms with van der Waals surface area (Å²) in [5.74, 6) is 1.20. The van der Waals surface area contributed by atoms with E-state index in [0.29, 0.717) is 18.5 Å². The van der Waals surface area contributed by atoms with E-state index in [-0.39, 0.29) is 5.82 Å². The number of rotatable bonds is 8. The average molecular weight is 281 g/mol. The molecule has 1 N–H and O–H groups in total. The molecule has 0 aromatic carbocycles. The molecular formula is C16H28FN3. The highest BCUT2D eigenvalue weighted by Crippen LogP contribution is 2.21. The van der Waals surface area contributed by atoms with Crippen molar-refractivity contribution in [3.05, 3.63) is 23.6 Å². The van der Waals surface area contributed by atoms with E-state index in [4.69, 9.17) is 0 Å². The molecule has 0 unspecified atom stereocenters. The second-order valence-electron chi connectivity index (χ2n) is 5.74. The molecular weight excluding hydrogens is 253 g/mol. The minimum absolute atomic E-state index is 0.270. The van der Waals surface area contributed by atoms with E-state index in [1.807, 2.05) is 7.05 Å². The van der Waals surface area contributed by atoms with Crippen LogP contribution in [0, 0.1) is 11.7 Å². The summed E-state index contributed by atoms with van der Waals surface area (Å²) < 4.78 is 13.5. The summed E-state index contributed by atoms with van der Waals surface area (Å²) in [6.07, 6.45) is 3.43. The number of hydrogen-bond donors (Lipinski definition) is 1. The Morgan fingerprint density at radius 3 is 2.50 bits per heavy atom. The molecule has 0 saturated heterocycles. The normalized spacial score (nSPS) is 11.4. The summed E-state index contributed by atoms with van der Waals surface area (Å²) in [6, 6.07) is 2.03. The Kier molecular flexibility index (Phi) is 6.93. The molecule has 0 atom stereocenters. The van der Waals surface area contributed by atoms with Crippen LogP contribution in [-0.4, -0.2) is 24.6 Å². The van der Waals surface area contributed by atoms with Gasteiger partial charge in [-0.15, -0.1) is 0 Å². The van der Waals surface area contributed by atoms with Gasteiger partial charge in [0.05, 0.1) is 6.20 Å². The Hall–Kier alpha value is -1.16. The lowest BCUT2D eigenvalue weighted by atomic mass is 10.1. The van der Waals surface area contributed by atoms with Gasteiger partial charge < -0.3 is 10.2 Å². The Morgan fingerprint density at radius 1 is 1.30 bits per heavy atom. The monoisotopic (exact) mass is 281 g/mol. The zero-order chi connectivity index (χ0) is 15.1. The maximum Gasteiger partial charge on any atom is 0.141 e. The summed E-state index contributed by atoms with van der Waals surface area (Å²) in [5, 5.41) is 3.37. The van der Waals surface area contributed by atoms with Crippen LogP contribution in [0.15, 0.2) is 12.3 Å². The van der Waals surface area contributed by atoms with Crippen LogP contribution < -0.4 is 10.2 Å². The first-order chi connectivity index (χ1) is 9.49. The number of pyridine rings is 1. The fourth-order valence-electron chi connectivity index (χ4n) is 2.43. The second-order valence-corrected chi connectivity index (χ2v) is 5.74. The average Bonchev–Trinajstić information content (AvgIpc) is 2.39. The van der Waals surface area contributed by atoms with Gasteiger partial charge in [0.1, 0.15) is 11.6 Å². The van der Waals surface area contributed by atoms with Gasteiger partial charge in [0.2, 0.25) is 0 Å². The molecule has 0 radical (unpaired) electrons. The van der Waals surface area contributed by atoms with Crippen molar-refractivity contribution in [3.63, 3.8) is 0 Å². The fourth-order valence-corrected chi connectivity index (χ4v) is 2.43. The van der Waals surface area contributed by atoms with Crippen LogP contribution in [0.1, 0.15) is 46.1 Å². The molecule has 20 heavy (non-hydrogen) atoms. The Balaban J connectivity index is 2.88. The molecule has 0 bridgehead atoms. The van der Waals surface area contributed by atoms with Crippen LogP contribution >= 0.6 is 0 Å². The molecule has 0 aliphatic heterocycles. The molecule has 0 amide bonds. The minimum Gasteiger partial charge on any atom is -0.356 e. The molecule has 3 nitrogen and oxygen atoms in total. The van der Waals surface area contributed by atoms with Crippen molar-refractivity contribution in [2.24, 2.45) is 5.92 Å². The predicted molar refractivity (Wildman–Crippen MR) is 83.5 cm³/mol. The van der Waals surface area contributed by atoms with Gasteiger partial charge in [-0.25, -0.2) is 9.37 Å². The molecule has 0 aliphatic carbocycles. The number of nitrogens with zero attached hydrogens (tertiary/aromatic N) is 2. The molecule has 114 valence electrons. The maximum atomic E-state index is 13.5. The van der Waals surface area contributed by atoms with Crippen LogP contribution in [0.3, 0.4) is 0 Å². The molecule has 1 aromatic heterocycles. The first-order valence-electron chi connectivity index (χ1n) is 7.57. The number of halogens is 1. The molecule has 0 fully saturated rings. The smallest absolute Gasteiger partial charge is 0.141 e. The lowest BCUT2D eigenvalue weighted by Gasteiger charge is -2.29. The molecule has 1 heterocycles. The topological polar surface area (TPSA) is 28.2 Å². The van der Waals surface area contributed by atoms with Gasteiger partial charge in [-0.3, -0.25) is 0 Å². The zero-order valence-electron chi connectivity index (χ0n) is 13.4. The highest BCUT2D eigenvalue weighted by atomic mass is 19.1. The SMILES string of the molecule is CCC(CC)N(C)c1ncc(F)cc1CNCC(C)C. The van der Waals surface area contributed by atoms with Gasteiger partial charge >= 0.3 is 0 Å². The summed E-state index contributed by atoms with van der Waals surface area (Å²) in [7, 11) is 2.05. The largest absolute Gasteiger partial charge is 0.356 e. The molecule has 0 aliphatic rings. The Labute approximate surface area is 122 Å². The van der Waals surface area contributed by atoms with E-state index in [2.05, 4.69) is 42.9 Å². The lowest BCUT2D eigenvalue weighted by molar-refractivity contribution is 0.543. The molecule has 0 spiro atoms. The molecule has 4 heteroatoms. The van der Waals surface area contributed by atoms with Gasteiger partial charge in [0.25, 0.3) is 0 Å². The highest BCUT2D eigenvalue weighted by molar-refractivity contribution is 5.47. The van der Waals surface area contributed by atoms with Crippen LogP contribution in [0.4, 0.5) is 10.2 Å². The van der Waals surface area contributed by atoms with Crippen LogP contribution in [0.2, 0.25) is 0 Å². The number of nitrogens with one attached hydrogen (secondary N) is 1. The summed E-state index contributed by atoms with van der Waals surface area (Å²) in [4.78, 5) is 6.48. The first-order valence-corrected chi connectivity index (χ1v) is 7.57. The van der Waals surface area contributed by atoms with E-state index in [9.17, 15) is 4.39 Å². The summed E-state index contributed by atoms with van der Waals surface area (Å²) in [5.41, 5.74) is 0.931. The molecule has 1 aromatic rings. The van der Waals surface area contributed by atoms with Gasteiger partial charge in [-0.1, -0.05) is 27.7 Å². The Bertz CT molecular complexity index is 403. The molecule has 0 saturated carbocycles. The van der Waals surface area contributed by atoms with E-state index in [0.717, 1.165) is 30.8 Å². The zero-order valence-corrected chi connectivity index (χ0v) is 13.4.